The lowest BCUT2D eigenvalue weighted by Crippen LogP contribution is -2.12. The molecule has 0 saturated heterocycles. The molecule has 0 atom stereocenters. The van der Waals surface area contributed by atoms with Gasteiger partial charge in [-0.2, -0.15) is 0 Å². The number of unbranched alkanes of at least 4 members (excludes halogenated alkanes) is 1. The molecule has 1 heterocycles. The number of nitrogens with one attached hydrogen (secondary N) is 2. The Bertz CT molecular complexity index is 1010. The van der Waals surface area contributed by atoms with E-state index in [4.69, 9.17) is 9.47 Å². The Morgan fingerprint density at radius 3 is 2.42 bits per heavy atom. The molecule has 0 aliphatic carbocycles. The zero-order valence-electron chi connectivity index (χ0n) is 18.1. The van der Waals surface area contributed by atoms with E-state index in [2.05, 4.69) is 27.5 Å². The number of aryl methyl sites for hydroxylation is 1. The van der Waals surface area contributed by atoms with Gasteiger partial charge in [-0.3, -0.25) is 4.79 Å². The maximum atomic E-state index is 12.7. The van der Waals surface area contributed by atoms with Gasteiger partial charge in [0.15, 0.2) is 11.5 Å². The smallest absolute Gasteiger partial charge is 0.255 e. The zero-order valence-corrected chi connectivity index (χ0v) is 18.1. The Labute approximate surface area is 182 Å². The molecule has 0 radical (unpaired) electrons. The van der Waals surface area contributed by atoms with Crippen molar-refractivity contribution in [3.05, 3.63) is 66.1 Å². The molecular formula is C24H28N4O3. The highest BCUT2D eigenvalue weighted by Gasteiger charge is 2.12. The molecule has 162 valence electrons. The molecule has 0 aliphatic heterocycles. The molecule has 3 aromatic rings. The highest BCUT2D eigenvalue weighted by atomic mass is 16.5. The van der Waals surface area contributed by atoms with Gasteiger partial charge in [0.25, 0.3) is 5.91 Å². The topological polar surface area (TPSA) is 85.4 Å². The molecule has 0 aliphatic rings. The maximum absolute atomic E-state index is 12.7. The lowest BCUT2D eigenvalue weighted by atomic mass is 10.1. The van der Waals surface area contributed by atoms with E-state index in [0.717, 1.165) is 24.2 Å². The summed E-state index contributed by atoms with van der Waals surface area (Å²) in [4.78, 5) is 21.0. The molecule has 7 heteroatoms. The monoisotopic (exact) mass is 420 g/mol. The summed E-state index contributed by atoms with van der Waals surface area (Å²) in [5.74, 6) is 1.73. The van der Waals surface area contributed by atoms with Crippen molar-refractivity contribution in [2.45, 2.75) is 33.6 Å². The Hall–Kier alpha value is -3.61. The molecule has 3 rings (SSSR count). The van der Waals surface area contributed by atoms with Crippen molar-refractivity contribution < 1.29 is 14.3 Å². The van der Waals surface area contributed by atoms with Crippen LogP contribution in [0.3, 0.4) is 0 Å². The van der Waals surface area contributed by atoms with Crippen LogP contribution in [0.15, 0.2) is 54.9 Å². The lowest BCUT2D eigenvalue weighted by molar-refractivity contribution is 0.102. The van der Waals surface area contributed by atoms with Crippen LogP contribution in [-0.4, -0.2) is 29.1 Å². The standard InChI is InChI=1S/C24H28N4O3/c1-4-6-13-31-21-12-7-18(15-22(21)30-5-2)24(29)28-20-10-8-19(9-11-20)27-23-14-17(3)25-16-26-23/h7-12,14-16H,4-6,13H2,1-3H3,(H,28,29)(H,25,26,27). The molecule has 2 N–H and O–H groups in total. The van der Waals surface area contributed by atoms with Gasteiger partial charge in [-0.1, -0.05) is 13.3 Å². The van der Waals surface area contributed by atoms with E-state index < -0.39 is 0 Å². The molecule has 7 nitrogen and oxygen atoms in total. The molecule has 0 unspecified atom stereocenters. The van der Waals surface area contributed by atoms with E-state index in [0.29, 0.717) is 41.8 Å². The van der Waals surface area contributed by atoms with Crippen LogP contribution in [0.25, 0.3) is 0 Å². The second-order valence-electron chi connectivity index (χ2n) is 7.00. The van der Waals surface area contributed by atoms with Gasteiger partial charge < -0.3 is 20.1 Å². The highest BCUT2D eigenvalue weighted by Crippen LogP contribution is 2.29. The number of hydrogen-bond donors (Lipinski definition) is 2. The summed E-state index contributed by atoms with van der Waals surface area (Å²) in [6.07, 6.45) is 3.54. The zero-order chi connectivity index (χ0) is 22.1. The van der Waals surface area contributed by atoms with Crippen molar-refractivity contribution in [1.29, 1.82) is 0 Å². The van der Waals surface area contributed by atoms with Gasteiger partial charge in [0.2, 0.25) is 0 Å². The number of carbonyl (C=O) groups is 1. The van der Waals surface area contributed by atoms with Crippen molar-refractivity contribution in [3.63, 3.8) is 0 Å². The van der Waals surface area contributed by atoms with Crippen LogP contribution in [0.4, 0.5) is 17.2 Å². The third-order valence-corrected chi connectivity index (χ3v) is 4.48. The van der Waals surface area contributed by atoms with Crippen molar-refractivity contribution in [3.8, 4) is 11.5 Å². The number of nitrogens with zero attached hydrogens (tertiary/aromatic N) is 2. The average molecular weight is 421 g/mol. The molecule has 1 aromatic heterocycles. The van der Waals surface area contributed by atoms with Gasteiger partial charge in [0.1, 0.15) is 12.1 Å². The van der Waals surface area contributed by atoms with Crippen LogP contribution in [0.1, 0.15) is 42.7 Å². The quantitative estimate of drug-likeness (QED) is 0.430. The SMILES string of the molecule is CCCCOc1ccc(C(=O)Nc2ccc(Nc3cc(C)ncn3)cc2)cc1OCC. The van der Waals surface area contributed by atoms with Gasteiger partial charge in [-0.15, -0.1) is 0 Å². The fourth-order valence-electron chi connectivity index (χ4n) is 2.87. The number of benzene rings is 2. The Morgan fingerprint density at radius 2 is 1.71 bits per heavy atom. The van der Waals surface area contributed by atoms with Crippen LogP contribution in [-0.2, 0) is 0 Å². The normalized spacial score (nSPS) is 10.4. The summed E-state index contributed by atoms with van der Waals surface area (Å²) >= 11 is 0. The van der Waals surface area contributed by atoms with E-state index in [1.165, 1.54) is 6.33 Å². The van der Waals surface area contributed by atoms with Crippen molar-refractivity contribution in [1.82, 2.24) is 9.97 Å². The Kier molecular flexibility index (Phi) is 7.81. The van der Waals surface area contributed by atoms with E-state index in [-0.39, 0.29) is 5.91 Å². The first kappa shape index (κ1) is 22.1. The van der Waals surface area contributed by atoms with Crippen molar-refractivity contribution >= 4 is 23.1 Å². The predicted molar refractivity (Wildman–Crippen MR) is 122 cm³/mol. The molecular weight excluding hydrogens is 392 g/mol. The summed E-state index contributed by atoms with van der Waals surface area (Å²) < 4.78 is 11.4. The second kappa shape index (κ2) is 11.0. The summed E-state index contributed by atoms with van der Waals surface area (Å²) in [6.45, 7) is 7.04. The second-order valence-corrected chi connectivity index (χ2v) is 7.00. The molecule has 0 bridgehead atoms. The van der Waals surface area contributed by atoms with Gasteiger partial charge in [-0.05, 0) is 62.7 Å². The predicted octanol–water partition coefficient (Wildman–Crippen LogP) is 5.36. The van der Waals surface area contributed by atoms with Gasteiger partial charge in [0, 0.05) is 28.7 Å². The number of carbonyl (C=O) groups excluding carboxylic acids is 1. The van der Waals surface area contributed by atoms with E-state index in [1.54, 1.807) is 18.2 Å². The van der Waals surface area contributed by atoms with Crippen LogP contribution in [0.5, 0.6) is 11.5 Å². The third-order valence-electron chi connectivity index (χ3n) is 4.48. The van der Waals surface area contributed by atoms with Gasteiger partial charge in [0.05, 0.1) is 13.2 Å². The van der Waals surface area contributed by atoms with Crippen molar-refractivity contribution in [2.24, 2.45) is 0 Å². The minimum atomic E-state index is -0.215. The minimum absolute atomic E-state index is 0.215. The highest BCUT2D eigenvalue weighted by molar-refractivity contribution is 6.04. The number of rotatable bonds is 10. The summed E-state index contributed by atoms with van der Waals surface area (Å²) in [5, 5.41) is 6.12. The van der Waals surface area contributed by atoms with Crippen LogP contribution in [0.2, 0.25) is 0 Å². The number of amides is 1. The lowest BCUT2D eigenvalue weighted by Gasteiger charge is -2.13. The van der Waals surface area contributed by atoms with E-state index in [1.807, 2.05) is 44.2 Å². The molecule has 1 amide bonds. The Morgan fingerprint density at radius 1 is 0.935 bits per heavy atom. The van der Waals surface area contributed by atoms with Gasteiger partial charge in [-0.25, -0.2) is 9.97 Å². The fourth-order valence-corrected chi connectivity index (χ4v) is 2.87. The first-order chi connectivity index (χ1) is 15.1. The van der Waals surface area contributed by atoms with E-state index in [9.17, 15) is 4.79 Å². The number of aromatic nitrogens is 2. The van der Waals surface area contributed by atoms with Gasteiger partial charge >= 0.3 is 0 Å². The number of ether oxygens (including phenoxy) is 2. The molecule has 31 heavy (non-hydrogen) atoms. The third kappa shape index (κ3) is 6.44. The summed E-state index contributed by atoms with van der Waals surface area (Å²) in [7, 11) is 0. The molecule has 0 fully saturated rings. The molecule has 2 aromatic carbocycles. The first-order valence-corrected chi connectivity index (χ1v) is 10.5. The fraction of sp³-hybridized carbons (Fsp3) is 0.292. The van der Waals surface area contributed by atoms with E-state index >= 15 is 0 Å². The minimum Gasteiger partial charge on any atom is -0.490 e. The molecule has 0 saturated carbocycles. The maximum Gasteiger partial charge on any atom is 0.255 e. The van der Waals surface area contributed by atoms with Crippen LogP contribution >= 0.6 is 0 Å². The summed E-state index contributed by atoms with van der Waals surface area (Å²) in [6, 6.07) is 14.5. The Balaban J connectivity index is 1.65. The first-order valence-electron chi connectivity index (χ1n) is 10.5. The van der Waals surface area contributed by atoms with Crippen LogP contribution in [0, 0.1) is 6.92 Å². The number of hydrogen-bond acceptors (Lipinski definition) is 6. The van der Waals surface area contributed by atoms with Crippen molar-refractivity contribution in [2.75, 3.05) is 23.8 Å². The number of anilines is 3. The summed E-state index contributed by atoms with van der Waals surface area (Å²) in [5.41, 5.74) is 2.94. The average Bonchev–Trinajstić information content (AvgIpc) is 2.76. The van der Waals surface area contributed by atoms with Crippen LogP contribution < -0.4 is 20.1 Å². The molecule has 0 spiro atoms. The largest absolute Gasteiger partial charge is 0.490 e.